The Morgan fingerprint density at radius 2 is 1.60 bits per heavy atom. The molecule has 0 N–H and O–H groups in total. The van der Waals surface area contributed by atoms with Gasteiger partial charge in [0, 0.05) is 13.1 Å². The molecule has 0 saturated heterocycles. The van der Waals surface area contributed by atoms with Crippen LogP contribution in [0.1, 0.15) is 41.5 Å². The van der Waals surface area contributed by atoms with Crippen molar-refractivity contribution in [3.05, 3.63) is 11.6 Å². The van der Waals surface area contributed by atoms with Gasteiger partial charge in [0.2, 0.25) is 6.41 Å². The zero-order valence-corrected chi connectivity index (χ0v) is 14.5. The van der Waals surface area contributed by atoms with Gasteiger partial charge < -0.3 is 13.9 Å². The van der Waals surface area contributed by atoms with Gasteiger partial charge in [-0.1, -0.05) is 11.6 Å². The fourth-order valence-electron chi connectivity index (χ4n) is 1.73. The molecule has 0 saturated carbocycles. The highest BCUT2D eigenvalue weighted by molar-refractivity contribution is 7.54. The van der Waals surface area contributed by atoms with Gasteiger partial charge in [-0.25, -0.2) is 0 Å². The van der Waals surface area contributed by atoms with Gasteiger partial charge in [0.25, 0.3) is 0 Å². The molecule has 0 aromatic rings. The van der Waals surface area contributed by atoms with Gasteiger partial charge in [-0.3, -0.25) is 9.36 Å². The molecule has 0 aliphatic carbocycles. The second kappa shape index (κ2) is 8.60. The van der Waals surface area contributed by atoms with Gasteiger partial charge >= 0.3 is 7.60 Å². The summed E-state index contributed by atoms with van der Waals surface area (Å²) >= 11 is 0. The van der Waals surface area contributed by atoms with Crippen LogP contribution in [0.25, 0.3) is 0 Å². The number of nitrogens with zero attached hydrogens (tertiary/aromatic N) is 1. The van der Waals surface area contributed by atoms with Crippen molar-refractivity contribution < 1.29 is 18.4 Å². The Morgan fingerprint density at radius 1 is 1.15 bits per heavy atom. The van der Waals surface area contributed by atoms with Crippen LogP contribution in [0.3, 0.4) is 0 Å². The maximum atomic E-state index is 12.7. The first-order chi connectivity index (χ1) is 9.09. The summed E-state index contributed by atoms with van der Waals surface area (Å²) in [6.45, 7) is 11.1. The summed E-state index contributed by atoms with van der Waals surface area (Å²) in [6, 6.07) is -0.0564. The van der Waals surface area contributed by atoms with Crippen molar-refractivity contribution in [1.82, 2.24) is 4.90 Å². The number of carbonyl (C=O) groups excluding carboxylic acids is 1. The first-order valence-corrected chi connectivity index (χ1v) is 8.62. The van der Waals surface area contributed by atoms with Crippen LogP contribution >= 0.6 is 7.60 Å². The Bertz CT molecular complexity index is 365. The summed E-state index contributed by atoms with van der Waals surface area (Å²) in [5, 5.41) is 0. The van der Waals surface area contributed by atoms with E-state index >= 15 is 0 Å². The normalized spacial score (nSPS) is 14.8. The maximum Gasteiger partial charge on any atom is 0.335 e. The lowest BCUT2D eigenvalue weighted by molar-refractivity contribution is -0.117. The van der Waals surface area contributed by atoms with Gasteiger partial charge in [-0.15, -0.1) is 0 Å². The van der Waals surface area contributed by atoms with Crippen LogP contribution in [0.4, 0.5) is 0 Å². The Balaban J connectivity index is 4.93. The SMILES string of the molecule is CC(=CC(C)N(C)C=O)CP(=O)(OC(C)C)OC(C)C. The first kappa shape index (κ1) is 19.4. The third-order valence-electron chi connectivity index (χ3n) is 2.52. The predicted molar refractivity (Wildman–Crippen MR) is 82.0 cm³/mol. The Kier molecular flexibility index (Phi) is 8.33. The lowest BCUT2D eigenvalue weighted by Crippen LogP contribution is -2.26. The van der Waals surface area contributed by atoms with E-state index in [0.29, 0.717) is 0 Å². The third-order valence-corrected chi connectivity index (χ3v) is 4.89. The van der Waals surface area contributed by atoms with Crippen molar-refractivity contribution in [1.29, 1.82) is 0 Å². The van der Waals surface area contributed by atoms with Crippen LogP contribution in [0.5, 0.6) is 0 Å². The number of amides is 1. The van der Waals surface area contributed by atoms with Crippen molar-refractivity contribution in [3.8, 4) is 0 Å². The minimum atomic E-state index is -3.16. The molecule has 0 aliphatic heterocycles. The van der Waals surface area contributed by atoms with Gasteiger partial charge in [0.05, 0.1) is 18.4 Å². The summed E-state index contributed by atoms with van der Waals surface area (Å²) in [4.78, 5) is 12.2. The van der Waals surface area contributed by atoms with E-state index in [2.05, 4.69) is 0 Å². The topological polar surface area (TPSA) is 55.8 Å². The third kappa shape index (κ3) is 7.83. The summed E-state index contributed by atoms with van der Waals surface area (Å²) in [7, 11) is -1.45. The molecule has 20 heavy (non-hydrogen) atoms. The highest BCUT2D eigenvalue weighted by Crippen LogP contribution is 2.51. The molecule has 0 bridgehead atoms. The molecule has 0 fully saturated rings. The van der Waals surface area contributed by atoms with E-state index in [9.17, 15) is 9.36 Å². The molecule has 6 heteroatoms. The number of carbonyl (C=O) groups is 1. The van der Waals surface area contributed by atoms with Crippen molar-refractivity contribution in [2.75, 3.05) is 13.2 Å². The molecule has 0 rings (SSSR count). The summed E-state index contributed by atoms with van der Waals surface area (Å²) < 4.78 is 23.7. The van der Waals surface area contributed by atoms with Gasteiger partial charge in [-0.2, -0.15) is 0 Å². The average molecular weight is 305 g/mol. The van der Waals surface area contributed by atoms with Crippen LogP contribution in [0.15, 0.2) is 11.6 Å². The molecule has 0 aliphatic rings. The fourth-order valence-corrected chi connectivity index (χ4v) is 3.93. The first-order valence-electron chi connectivity index (χ1n) is 6.90. The quantitative estimate of drug-likeness (QED) is 0.372. The van der Waals surface area contributed by atoms with Crippen molar-refractivity contribution in [3.63, 3.8) is 0 Å². The van der Waals surface area contributed by atoms with Crippen molar-refractivity contribution >= 4 is 14.0 Å². The molecule has 0 aromatic heterocycles. The minimum absolute atomic E-state index is 0.0564. The van der Waals surface area contributed by atoms with E-state index < -0.39 is 7.60 Å². The molecule has 0 radical (unpaired) electrons. The number of rotatable bonds is 9. The van der Waals surface area contributed by atoms with Crippen LogP contribution in [-0.2, 0) is 18.4 Å². The molecule has 1 atom stereocenters. The van der Waals surface area contributed by atoms with Crippen LogP contribution in [-0.4, -0.2) is 42.8 Å². The second-order valence-electron chi connectivity index (χ2n) is 5.60. The summed E-state index contributed by atoms with van der Waals surface area (Å²) in [5.41, 5.74) is 0.885. The fraction of sp³-hybridized carbons (Fsp3) is 0.786. The second-order valence-corrected chi connectivity index (χ2v) is 7.56. The number of hydrogen-bond donors (Lipinski definition) is 0. The van der Waals surface area contributed by atoms with Crippen LogP contribution in [0.2, 0.25) is 0 Å². The molecule has 0 spiro atoms. The molecule has 1 amide bonds. The Hall–Kier alpha value is -0.640. The zero-order valence-electron chi connectivity index (χ0n) is 13.6. The number of allylic oxidation sites excluding steroid dienone is 1. The number of hydrogen-bond acceptors (Lipinski definition) is 4. The van der Waals surface area contributed by atoms with E-state index in [1.54, 1.807) is 11.9 Å². The van der Waals surface area contributed by atoms with Gasteiger partial charge in [0.1, 0.15) is 0 Å². The molecule has 0 heterocycles. The average Bonchev–Trinajstić information content (AvgIpc) is 2.24. The predicted octanol–water partition coefficient (Wildman–Crippen LogP) is 3.45. The highest BCUT2D eigenvalue weighted by Gasteiger charge is 2.28. The summed E-state index contributed by atoms with van der Waals surface area (Å²) in [5.74, 6) is 0. The van der Waals surface area contributed by atoms with E-state index in [-0.39, 0.29) is 24.4 Å². The maximum absolute atomic E-state index is 12.7. The Morgan fingerprint density at radius 3 is 1.95 bits per heavy atom. The van der Waals surface area contributed by atoms with E-state index in [4.69, 9.17) is 9.05 Å². The van der Waals surface area contributed by atoms with E-state index in [1.165, 1.54) is 0 Å². The molecule has 1 unspecified atom stereocenters. The highest BCUT2D eigenvalue weighted by atomic mass is 31.2. The zero-order chi connectivity index (χ0) is 15.9. The lowest BCUT2D eigenvalue weighted by atomic mass is 10.2. The number of likely N-dealkylation sites (N-methyl/N-ethyl adjacent to an activating group) is 1. The smallest absolute Gasteiger partial charge is 0.335 e. The van der Waals surface area contributed by atoms with Crippen molar-refractivity contribution in [2.45, 2.75) is 59.8 Å². The van der Waals surface area contributed by atoms with Crippen LogP contribution < -0.4 is 0 Å². The molecule has 118 valence electrons. The van der Waals surface area contributed by atoms with Crippen LogP contribution in [0, 0.1) is 0 Å². The largest absolute Gasteiger partial charge is 0.342 e. The molecule has 0 aromatic carbocycles. The van der Waals surface area contributed by atoms with Gasteiger partial charge in [0.15, 0.2) is 0 Å². The Labute approximate surface area is 122 Å². The minimum Gasteiger partial charge on any atom is -0.342 e. The molecular weight excluding hydrogens is 277 g/mol. The van der Waals surface area contributed by atoms with E-state index in [1.807, 2.05) is 47.6 Å². The van der Waals surface area contributed by atoms with Crippen molar-refractivity contribution in [2.24, 2.45) is 0 Å². The molecular formula is C14H28NO4P. The lowest BCUT2D eigenvalue weighted by Gasteiger charge is -2.24. The monoisotopic (exact) mass is 305 g/mol. The van der Waals surface area contributed by atoms with Gasteiger partial charge in [-0.05, 0) is 41.5 Å². The summed E-state index contributed by atoms with van der Waals surface area (Å²) in [6.07, 6.45) is 2.57. The molecule has 5 nitrogen and oxygen atoms in total. The van der Waals surface area contributed by atoms with E-state index in [0.717, 1.165) is 12.0 Å². The standard InChI is InChI=1S/C14H28NO4P/c1-11(2)18-20(17,19-12(3)4)9-13(5)8-14(6)15(7)10-16/h8,10-12,14H,9H2,1-7H3.